The first-order valence-electron chi connectivity index (χ1n) is 8.05. The first-order chi connectivity index (χ1) is 12.0. The van der Waals surface area contributed by atoms with Crippen LogP contribution in [-0.2, 0) is 22.6 Å². The van der Waals surface area contributed by atoms with Crippen LogP contribution in [0.2, 0.25) is 5.02 Å². The zero-order chi connectivity index (χ0) is 17.8. The van der Waals surface area contributed by atoms with Gasteiger partial charge in [0.1, 0.15) is 11.8 Å². The quantitative estimate of drug-likeness (QED) is 0.849. The highest BCUT2D eigenvalue weighted by Gasteiger charge is 2.38. The van der Waals surface area contributed by atoms with Gasteiger partial charge in [0.05, 0.1) is 18.8 Å². The van der Waals surface area contributed by atoms with Crippen molar-refractivity contribution in [3.8, 4) is 0 Å². The van der Waals surface area contributed by atoms with E-state index in [4.69, 9.17) is 16.0 Å². The van der Waals surface area contributed by atoms with E-state index in [9.17, 15) is 14.7 Å². The molecule has 1 aliphatic heterocycles. The molecule has 7 heteroatoms. The van der Waals surface area contributed by atoms with E-state index in [2.05, 4.69) is 5.32 Å². The molecule has 1 aromatic heterocycles. The van der Waals surface area contributed by atoms with Crippen LogP contribution in [0.5, 0.6) is 0 Å². The van der Waals surface area contributed by atoms with Gasteiger partial charge in [-0.25, -0.2) is 0 Å². The molecule has 3 rings (SSSR count). The molecule has 2 heterocycles. The molecule has 2 N–H and O–H groups in total. The van der Waals surface area contributed by atoms with Crippen molar-refractivity contribution in [2.24, 2.45) is 0 Å². The Morgan fingerprint density at radius 3 is 2.72 bits per heavy atom. The average Bonchev–Trinajstić information content (AvgIpc) is 3.23. The van der Waals surface area contributed by atoms with Gasteiger partial charge in [0.2, 0.25) is 11.8 Å². The summed E-state index contributed by atoms with van der Waals surface area (Å²) in [5.41, 5.74) is 0.907. The molecule has 2 unspecified atom stereocenters. The first-order valence-corrected chi connectivity index (χ1v) is 8.43. The van der Waals surface area contributed by atoms with Gasteiger partial charge in [-0.1, -0.05) is 23.7 Å². The average molecular weight is 363 g/mol. The second-order valence-electron chi connectivity index (χ2n) is 6.05. The van der Waals surface area contributed by atoms with Gasteiger partial charge >= 0.3 is 0 Å². The number of likely N-dealkylation sites (tertiary alicyclic amines) is 1. The highest BCUT2D eigenvalue weighted by Crippen LogP contribution is 2.20. The van der Waals surface area contributed by atoms with Gasteiger partial charge in [-0.05, 0) is 29.8 Å². The number of aliphatic hydroxyl groups excluding tert-OH is 1. The minimum absolute atomic E-state index is 0.0701. The van der Waals surface area contributed by atoms with Gasteiger partial charge < -0.3 is 19.7 Å². The number of nitrogens with one attached hydrogen (secondary N) is 1. The summed E-state index contributed by atoms with van der Waals surface area (Å²) >= 11 is 5.84. The number of β-amino-alcohol motifs (C(OH)–C–C–N with tert-alkyl or cyclic N) is 1. The molecule has 0 spiro atoms. The van der Waals surface area contributed by atoms with E-state index in [1.54, 1.807) is 24.3 Å². The Bertz CT molecular complexity index is 730. The molecule has 132 valence electrons. The molecule has 0 saturated carbocycles. The number of nitrogens with zero attached hydrogens (tertiary/aromatic N) is 1. The molecule has 0 radical (unpaired) electrons. The van der Waals surface area contributed by atoms with Crippen LogP contribution < -0.4 is 5.32 Å². The molecule has 2 aromatic rings. The Hall–Kier alpha value is -2.31. The first kappa shape index (κ1) is 17.5. The molecule has 0 bridgehead atoms. The van der Waals surface area contributed by atoms with Crippen LogP contribution in [0.4, 0.5) is 0 Å². The van der Waals surface area contributed by atoms with E-state index in [-0.39, 0.29) is 31.2 Å². The standard InChI is InChI=1S/C18H19ClN2O4/c19-13-5-3-12(4-6-13)10-20-18(24)16-8-14(22)11-21(16)17(23)9-15-2-1-7-25-15/h1-7,14,16,22H,8-11H2,(H,20,24). The smallest absolute Gasteiger partial charge is 0.243 e. The summed E-state index contributed by atoms with van der Waals surface area (Å²) in [7, 11) is 0. The Balaban J connectivity index is 1.61. The number of rotatable bonds is 5. The number of furan rings is 1. The summed E-state index contributed by atoms with van der Waals surface area (Å²) in [6.45, 7) is 0.487. The van der Waals surface area contributed by atoms with Gasteiger partial charge in [-0.3, -0.25) is 9.59 Å². The van der Waals surface area contributed by atoms with E-state index in [0.29, 0.717) is 17.3 Å². The van der Waals surface area contributed by atoms with Gasteiger partial charge in [-0.15, -0.1) is 0 Å². The maximum Gasteiger partial charge on any atom is 0.243 e. The summed E-state index contributed by atoms with van der Waals surface area (Å²) in [6, 6.07) is 9.89. The molecule has 2 amide bonds. The molecule has 2 atom stereocenters. The van der Waals surface area contributed by atoms with Gasteiger partial charge in [-0.2, -0.15) is 0 Å². The second-order valence-corrected chi connectivity index (χ2v) is 6.49. The lowest BCUT2D eigenvalue weighted by Crippen LogP contribution is -2.46. The Labute approximate surface area is 150 Å². The highest BCUT2D eigenvalue weighted by molar-refractivity contribution is 6.30. The van der Waals surface area contributed by atoms with E-state index in [0.717, 1.165) is 5.56 Å². The number of halogens is 1. The second kappa shape index (κ2) is 7.72. The van der Waals surface area contributed by atoms with E-state index < -0.39 is 12.1 Å². The Morgan fingerprint density at radius 2 is 2.04 bits per heavy atom. The fourth-order valence-electron chi connectivity index (χ4n) is 2.91. The van der Waals surface area contributed by atoms with E-state index in [1.807, 2.05) is 12.1 Å². The number of hydrogen-bond acceptors (Lipinski definition) is 4. The molecular weight excluding hydrogens is 344 g/mol. The molecule has 0 aliphatic carbocycles. The molecular formula is C18H19ClN2O4. The molecule has 6 nitrogen and oxygen atoms in total. The minimum Gasteiger partial charge on any atom is -0.469 e. The molecule has 25 heavy (non-hydrogen) atoms. The lowest BCUT2D eigenvalue weighted by molar-refractivity contribution is -0.138. The van der Waals surface area contributed by atoms with Crippen LogP contribution in [0, 0.1) is 0 Å². The predicted octanol–water partition coefficient (Wildman–Crippen LogP) is 1.75. The molecule has 1 saturated heterocycles. The topological polar surface area (TPSA) is 82.8 Å². The summed E-state index contributed by atoms with van der Waals surface area (Å²) in [4.78, 5) is 26.3. The largest absolute Gasteiger partial charge is 0.469 e. The SMILES string of the molecule is O=C(NCc1ccc(Cl)cc1)C1CC(O)CN1C(=O)Cc1ccco1. The van der Waals surface area contributed by atoms with Crippen molar-refractivity contribution in [2.45, 2.75) is 31.5 Å². The zero-order valence-electron chi connectivity index (χ0n) is 13.5. The molecule has 1 aliphatic rings. The fourth-order valence-corrected chi connectivity index (χ4v) is 3.04. The number of carbonyl (C=O) groups is 2. The maximum atomic E-state index is 12.5. The van der Waals surface area contributed by atoms with E-state index >= 15 is 0 Å². The van der Waals surface area contributed by atoms with Crippen molar-refractivity contribution >= 4 is 23.4 Å². The molecule has 1 aromatic carbocycles. The van der Waals surface area contributed by atoms with Crippen molar-refractivity contribution in [1.29, 1.82) is 0 Å². The van der Waals surface area contributed by atoms with Crippen LogP contribution >= 0.6 is 11.6 Å². The van der Waals surface area contributed by atoms with Crippen molar-refractivity contribution < 1.29 is 19.1 Å². The number of carbonyl (C=O) groups excluding carboxylic acids is 2. The monoisotopic (exact) mass is 362 g/mol. The van der Waals surface area contributed by atoms with Crippen LogP contribution in [0.1, 0.15) is 17.7 Å². The van der Waals surface area contributed by atoms with Crippen LogP contribution in [0.3, 0.4) is 0 Å². The molecule has 1 fully saturated rings. The number of aliphatic hydroxyl groups is 1. The Morgan fingerprint density at radius 1 is 1.28 bits per heavy atom. The van der Waals surface area contributed by atoms with Gasteiger partial charge in [0.25, 0.3) is 0 Å². The number of amides is 2. The van der Waals surface area contributed by atoms with Gasteiger partial charge in [0, 0.05) is 24.5 Å². The lowest BCUT2D eigenvalue weighted by atomic mass is 10.1. The summed E-state index contributed by atoms with van der Waals surface area (Å²) in [5.74, 6) is 0.0177. The minimum atomic E-state index is -0.702. The lowest BCUT2D eigenvalue weighted by Gasteiger charge is -2.23. The third-order valence-corrected chi connectivity index (χ3v) is 4.44. The zero-order valence-corrected chi connectivity index (χ0v) is 14.3. The number of hydrogen-bond donors (Lipinski definition) is 2. The van der Waals surface area contributed by atoms with Crippen LogP contribution in [0.15, 0.2) is 47.1 Å². The third kappa shape index (κ3) is 4.41. The normalized spacial score (nSPS) is 19.8. The number of benzene rings is 1. The summed E-state index contributed by atoms with van der Waals surface area (Å²) in [6.07, 6.45) is 1.10. The van der Waals surface area contributed by atoms with Crippen LogP contribution in [0.25, 0.3) is 0 Å². The summed E-state index contributed by atoms with van der Waals surface area (Å²) in [5, 5.41) is 13.3. The van der Waals surface area contributed by atoms with Crippen LogP contribution in [-0.4, -0.2) is 40.5 Å². The van der Waals surface area contributed by atoms with Crippen molar-refractivity contribution in [1.82, 2.24) is 10.2 Å². The Kier molecular flexibility index (Phi) is 5.40. The van der Waals surface area contributed by atoms with Crippen molar-refractivity contribution in [3.05, 3.63) is 59.0 Å². The summed E-state index contributed by atoms with van der Waals surface area (Å²) < 4.78 is 5.18. The van der Waals surface area contributed by atoms with Crippen molar-refractivity contribution in [3.63, 3.8) is 0 Å². The maximum absolute atomic E-state index is 12.5. The third-order valence-electron chi connectivity index (χ3n) is 4.19. The fraction of sp³-hybridized carbons (Fsp3) is 0.333. The van der Waals surface area contributed by atoms with E-state index in [1.165, 1.54) is 11.2 Å². The predicted molar refractivity (Wildman–Crippen MR) is 91.8 cm³/mol. The highest BCUT2D eigenvalue weighted by atomic mass is 35.5. The van der Waals surface area contributed by atoms with Crippen molar-refractivity contribution in [2.75, 3.05) is 6.54 Å². The van der Waals surface area contributed by atoms with Gasteiger partial charge in [0.15, 0.2) is 0 Å².